The molecule has 0 radical (unpaired) electrons. The fourth-order valence-corrected chi connectivity index (χ4v) is 2.69. The van der Waals surface area contributed by atoms with Gasteiger partial charge in [-0.15, -0.1) is 11.3 Å². The molecule has 0 aromatic carbocycles. The summed E-state index contributed by atoms with van der Waals surface area (Å²) in [5, 5.41) is 0. The van der Waals surface area contributed by atoms with Crippen LogP contribution in [0.3, 0.4) is 0 Å². The monoisotopic (exact) mass is 291 g/mol. The first kappa shape index (κ1) is 14.5. The van der Waals surface area contributed by atoms with Crippen LogP contribution in [0, 0.1) is 6.92 Å². The van der Waals surface area contributed by atoms with E-state index in [1.54, 1.807) is 53.8 Å². The van der Waals surface area contributed by atoms with E-state index in [9.17, 15) is 9.59 Å². The van der Waals surface area contributed by atoms with Crippen molar-refractivity contribution in [2.24, 2.45) is 7.05 Å². The zero-order valence-corrected chi connectivity index (χ0v) is 12.6. The SMILES string of the molecule is Cc1ncsc1CCN(C)C(=O)C(=O)c1cccn1C. The number of hydrogen-bond donors (Lipinski definition) is 0. The number of carbonyl (C=O) groups excluding carboxylic acids is 2. The summed E-state index contributed by atoms with van der Waals surface area (Å²) in [6.45, 7) is 2.46. The van der Waals surface area contributed by atoms with Crippen molar-refractivity contribution in [3.63, 3.8) is 0 Å². The van der Waals surface area contributed by atoms with Gasteiger partial charge >= 0.3 is 0 Å². The number of hydrogen-bond acceptors (Lipinski definition) is 4. The Hall–Kier alpha value is -1.95. The Morgan fingerprint density at radius 2 is 2.20 bits per heavy atom. The highest BCUT2D eigenvalue weighted by atomic mass is 32.1. The van der Waals surface area contributed by atoms with Crippen molar-refractivity contribution in [3.8, 4) is 0 Å². The minimum atomic E-state index is -0.478. The van der Waals surface area contributed by atoms with Crippen molar-refractivity contribution in [3.05, 3.63) is 40.1 Å². The lowest BCUT2D eigenvalue weighted by molar-refractivity contribution is -0.125. The summed E-state index contributed by atoms with van der Waals surface area (Å²) in [4.78, 5) is 31.0. The molecule has 0 bridgehead atoms. The summed E-state index contributed by atoms with van der Waals surface area (Å²) in [7, 11) is 3.40. The van der Waals surface area contributed by atoms with Gasteiger partial charge in [0.15, 0.2) is 0 Å². The highest BCUT2D eigenvalue weighted by Crippen LogP contribution is 2.13. The second-order valence-corrected chi connectivity index (χ2v) is 5.61. The minimum absolute atomic E-state index is 0.413. The molecular formula is C14H17N3O2S. The zero-order chi connectivity index (χ0) is 14.7. The molecule has 0 unspecified atom stereocenters. The third kappa shape index (κ3) is 2.96. The average molecular weight is 291 g/mol. The first-order valence-electron chi connectivity index (χ1n) is 6.30. The summed E-state index contributed by atoms with van der Waals surface area (Å²) in [6, 6.07) is 3.41. The predicted molar refractivity (Wildman–Crippen MR) is 77.9 cm³/mol. The number of aryl methyl sites for hydroxylation is 2. The molecule has 0 saturated carbocycles. The molecule has 2 heterocycles. The third-order valence-electron chi connectivity index (χ3n) is 3.24. The maximum atomic E-state index is 12.1. The topological polar surface area (TPSA) is 55.2 Å². The molecular weight excluding hydrogens is 274 g/mol. The summed E-state index contributed by atoms with van der Waals surface area (Å²) in [5.74, 6) is -0.949. The lowest BCUT2D eigenvalue weighted by Crippen LogP contribution is -2.35. The van der Waals surface area contributed by atoms with Gasteiger partial charge in [0.2, 0.25) is 0 Å². The summed E-state index contributed by atoms with van der Waals surface area (Å²) in [6.07, 6.45) is 2.47. The standard InChI is InChI=1S/C14H17N3O2S/c1-10-12(20-9-15-10)6-8-17(3)14(19)13(18)11-5-4-7-16(11)2/h4-5,7,9H,6,8H2,1-3H3. The number of rotatable bonds is 5. The van der Waals surface area contributed by atoms with E-state index in [1.807, 2.05) is 6.92 Å². The van der Waals surface area contributed by atoms with Crippen LogP contribution in [0.2, 0.25) is 0 Å². The first-order chi connectivity index (χ1) is 9.50. The van der Waals surface area contributed by atoms with E-state index in [4.69, 9.17) is 0 Å². The second-order valence-electron chi connectivity index (χ2n) is 4.67. The third-order valence-corrected chi connectivity index (χ3v) is 4.23. The van der Waals surface area contributed by atoms with Gasteiger partial charge in [-0.2, -0.15) is 0 Å². The number of ketones is 1. The van der Waals surface area contributed by atoms with Gasteiger partial charge in [-0.25, -0.2) is 4.98 Å². The minimum Gasteiger partial charge on any atom is -0.348 e. The molecule has 2 aromatic heterocycles. The van der Waals surface area contributed by atoms with Crippen LogP contribution in [0.1, 0.15) is 21.1 Å². The normalized spacial score (nSPS) is 10.6. The number of likely N-dealkylation sites (N-methyl/N-ethyl adjacent to an activating group) is 1. The Morgan fingerprint density at radius 1 is 1.45 bits per heavy atom. The maximum absolute atomic E-state index is 12.1. The zero-order valence-electron chi connectivity index (χ0n) is 11.8. The van der Waals surface area contributed by atoms with E-state index in [1.165, 1.54) is 4.90 Å². The Kier molecular flexibility index (Phi) is 4.34. The largest absolute Gasteiger partial charge is 0.348 e. The average Bonchev–Trinajstić information content (AvgIpc) is 3.03. The van der Waals surface area contributed by atoms with Crippen LogP contribution in [0.5, 0.6) is 0 Å². The molecule has 2 aromatic rings. The van der Waals surface area contributed by atoms with E-state index in [-0.39, 0.29) is 0 Å². The van der Waals surface area contributed by atoms with E-state index in [2.05, 4.69) is 4.98 Å². The predicted octanol–water partition coefficient (Wildman–Crippen LogP) is 1.67. The molecule has 0 aliphatic rings. The smallest absolute Gasteiger partial charge is 0.296 e. The lowest BCUT2D eigenvalue weighted by atomic mass is 10.2. The molecule has 0 aliphatic carbocycles. The molecule has 1 amide bonds. The molecule has 0 N–H and O–H groups in total. The molecule has 0 aliphatic heterocycles. The van der Waals surface area contributed by atoms with Gasteiger partial charge in [0.05, 0.1) is 16.9 Å². The summed E-state index contributed by atoms with van der Waals surface area (Å²) in [5.41, 5.74) is 3.20. The van der Waals surface area contributed by atoms with Crippen molar-refractivity contribution in [1.82, 2.24) is 14.5 Å². The van der Waals surface area contributed by atoms with E-state index < -0.39 is 11.7 Å². The van der Waals surface area contributed by atoms with Gasteiger partial charge in [0.25, 0.3) is 11.7 Å². The van der Waals surface area contributed by atoms with Gasteiger partial charge in [0.1, 0.15) is 0 Å². The molecule has 0 fully saturated rings. The van der Waals surface area contributed by atoms with Gasteiger partial charge in [-0.3, -0.25) is 9.59 Å². The fourth-order valence-electron chi connectivity index (χ4n) is 1.92. The highest BCUT2D eigenvalue weighted by molar-refractivity contribution is 7.09. The summed E-state index contributed by atoms with van der Waals surface area (Å²) >= 11 is 1.57. The van der Waals surface area contributed by atoms with Crippen molar-refractivity contribution >= 4 is 23.0 Å². The number of carbonyl (C=O) groups is 2. The van der Waals surface area contributed by atoms with E-state index in [0.29, 0.717) is 12.2 Å². The van der Waals surface area contributed by atoms with Crippen LogP contribution < -0.4 is 0 Å². The fraction of sp³-hybridized carbons (Fsp3) is 0.357. The lowest BCUT2D eigenvalue weighted by Gasteiger charge is -2.16. The number of aromatic nitrogens is 2. The van der Waals surface area contributed by atoms with E-state index >= 15 is 0 Å². The number of nitrogens with zero attached hydrogens (tertiary/aromatic N) is 3. The van der Waals surface area contributed by atoms with Crippen LogP contribution in [-0.2, 0) is 18.3 Å². The van der Waals surface area contributed by atoms with Crippen LogP contribution in [-0.4, -0.2) is 39.7 Å². The Labute approximate surface area is 121 Å². The van der Waals surface area contributed by atoms with Gasteiger partial charge in [0, 0.05) is 38.1 Å². The first-order valence-corrected chi connectivity index (χ1v) is 7.18. The van der Waals surface area contributed by atoms with E-state index in [0.717, 1.165) is 17.0 Å². The highest BCUT2D eigenvalue weighted by Gasteiger charge is 2.22. The maximum Gasteiger partial charge on any atom is 0.296 e. The molecule has 6 heteroatoms. The van der Waals surface area contributed by atoms with Crippen molar-refractivity contribution in [2.75, 3.05) is 13.6 Å². The van der Waals surface area contributed by atoms with Crippen LogP contribution >= 0.6 is 11.3 Å². The molecule has 0 spiro atoms. The molecule has 5 nitrogen and oxygen atoms in total. The quantitative estimate of drug-likeness (QED) is 0.622. The Bertz CT molecular complexity index is 630. The Balaban J connectivity index is 1.97. The number of Topliss-reactive ketones (excluding diaryl/α,β-unsaturated/α-hetero) is 1. The molecule has 20 heavy (non-hydrogen) atoms. The number of thiazole rings is 1. The number of amides is 1. The van der Waals surface area contributed by atoms with Crippen LogP contribution in [0.15, 0.2) is 23.8 Å². The molecule has 2 rings (SSSR count). The van der Waals surface area contributed by atoms with Gasteiger partial charge in [-0.1, -0.05) is 0 Å². The van der Waals surface area contributed by atoms with Crippen molar-refractivity contribution in [2.45, 2.75) is 13.3 Å². The molecule has 0 saturated heterocycles. The van der Waals surface area contributed by atoms with Crippen LogP contribution in [0.25, 0.3) is 0 Å². The van der Waals surface area contributed by atoms with Crippen molar-refractivity contribution in [1.29, 1.82) is 0 Å². The molecule has 0 atom stereocenters. The van der Waals surface area contributed by atoms with Crippen molar-refractivity contribution < 1.29 is 9.59 Å². The second kappa shape index (κ2) is 6.00. The molecule has 106 valence electrons. The Morgan fingerprint density at radius 3 is 2.75 bits per heavy atom. The van der Waals surface area contributed by atoms with Gasteiger partial charge in [-0.05, 0) is 19.1 Å². The van der Waals surface area contributed by atoms with Crippen LogP contribution in [0.4, 0.5) is 0 Å². The summed E-state index contributed by atoms with van der Waals surface area (Å²) < 4.78 is 1.65. The van der Waals surface area contributed by atoms with Gasteiger partial charge < -0.3 is 9.47 Å².